The highest BCUT2D eigenvalue weighted by Gasteiger charge is 2.09. The van der Waals surface area contributed by atoms with E-state index in [4.69, 9.17) is 5.26 Å². The molecule has 1 N–H and O–H groups in total. The summed E-state index contributed by atoms with van der Waals surface area (Å²) in [6.07, 6.45) is 0.247. The van der Waals surface area contributed by atoms with Gasteiger partial charge in [0.15, 0.2) is 5.78 Å². The van der Waals surface area contributed by atoms with Gasteiger partial charge in [-0.05, 0) is 30.3 Å². The minimum absolute atomic E-state index is 0.0755. The number of hydrogen-bond acceptors (Lipinski definition) is 3. The number of carbonyl (C=O) groups excluding carboxylic acids is 2. The maximum Gasteiger partial charge on any atom is 0.224 e. The third-order valence-corrected chi connectivity index (χ3v) is 3.55. The summed E-state index contributed by atoms with van der Waals surface area (Å²) in [5, 5.41) is 11.5. The fourth-order valence-electron chi connectivity index (χ4n) is 1.90. The number of carbonyl (C=O) groups is 2. The quantitative estimate of drug-likeness (QED) is 0.825. The summed E-state index contributed by atoms with van der Waals surface area (Å²) in [6.45, 7) is 0. The molecular formula is C17H13BrN2O2. The van der Waals surface area contributed by atoms with E-state index in [1.165, 1.54) is 0 Å². The van der Waals surface area contributed by atoms with Crippen LogP contribution in [-0.2, 0) is 4.79 Å². The van der Waals surface area contributed by atoms with E-state index in [1.54, 1.807) is 48.5 Å². The van der Waals surface area contributed by atoms with Gasteiger partial charge in [-0.1, -0.05) is 34.1 Å². The van der Waals surface area contributed by atoms with Crippen LogP contribution in [0.2, 0.25) is 0 Å². The zero-order valence-electron chi connectivity index (χ0n) is 11.7. The second-order valence-corrected chi connectivity index (χ2v) is 5.59. The Bertz CT molecular complexity index is 733. The molecule has 0 spiro atoms. The molecule has 0 aliphatic carbocycles. The number of nitrogens with one attached hydrogen (secondary N) is 1. The molecule has 0 aromatic heterocycles. The van der Waals surface area contributed by atoms with E-state index in [2.05, 4.69) is 21.2 Å². The molecular weight excluding hydrogens is 344 g/mol. The Morgan fingerprint density at radius 1 is 1.09 bits per heavy atom. The van der Waals surface area contributed by atoms with E-state index in [-0.39, 0.29) is 24.5 Å². The molecule has 2 rings (SSSR count). The number of nitrogens with zero attached hydrogens (tertiary/aromatic N) is 1. The number of ketones is 1. The molecule has 0 aliphatic heterocycles. The molecule has 2 aromatic rings. The van der Waals surface area contributed by atoms with Crippen molar-refractivity contribution in [2.75, 3.05) is 5.32 Å². The van der Waals surface area contributed by atoms with E-state index in [0.717, 1.165) is 4.47 Å². The van der Waals surface area contributed by atoms with E-state index in [1.807, 2.05) is 6.07 Å². The van der Waals surface area contributed by atoms with Crippen molar-refractivity contribution < 1.29 is 9.59 Å². The molecule has 0 unspecified atom stereocenters. The second kappa shape index (κ2) is 7.53. The lowest BCUT2D eigenvalue weighted by molar-refractivity contribution is -0.116. The topological polar surface area (TPSA) is 70.0 Å². The number of halogens is 1. The summed E-state index contributed by atoms with van der Waals surface area (Å²) >= 11 is 3.31. The van der Waals surface area contributed by atoms with E-state index >= 15 is 0 Å². The van der Waals surface area contributed by atoms with Crippen LogP contribution in [0.1, 0.15) is 28.8 Å². The van der Waals surface area contributed by atoms with Crippen LogP contribution in [0.3, 0.4) is 0 Å². The predicted octanol–water partition coefficient (Wildman–Crippen LogP) is 3.92. The fraction of sp³-hybridized carbons (Fsp3) is 0.118. The molecule has 0 radical (unpaired) electrons. The van der Waals surface area contributed by atoms with Gasteiger partial charge in [0.2, 0.25) is 5.91 Å². The number of hydrogen-bond donors (Lipinski definition) is 1. The minimum atomic E-state index is -0.249. The van der Waals surface area contributed by atoms with Crippen LogP contribution in [0, 0.1) is 11.3 Å². The van der Waals surface area contributed by atoms with Crippen LogP contribution in [0.15, 0.2) is 53.0 Å². The van der Waals surface area contributed by atoms with Crippen molar-refractivity contribution in [3.8, 4) is 6.07 Å². The van der Waals surface area contributed by atoms with Crippen molar-refractivity contribution in [3.63, 3.8) is 0 Å². The first-order valence-corrected chi connectivity index (χ1v) is 7.46. The highest BCUT2D eigenvalue weighted by molar-refractivity contribution is 9.10. The SMILES string of the molecule is N#Cc1cccc(NC(=O)CCC(=O)c2ccc(Br)cc2)c1. The monoisotopic (exact) mass is 356 g/mol. The molecule has 1 amide bonds. The molecule has 0 heterocycles. The Labute approximate surface area is 136 Å². The summed E-state index contributed by atoms with van der Waals surface area (Å²) in [7, 11) is 0. The first kappa shape index (κ1) is 15.9. The van der Waals surface area contributed by atoms with Crippen molar-refractivity contribution in [1.29, 1.82) is 5.26 Å². The van der Waals surface area contributed by atoms with Crippen molar-refractivity contribution in [2.24, 2.45) is 0 Å². The molecule has 2 aromatic carbocycles. The van der Waals surface area contributed by atoms with Crippen LogP contribution in [0.25, 0.3) is 0 Å². The number of rotatable bonds is 5. The van der Waals surface area contributed by atoms with Crippen LogP contribution in [0.4, 0.5) is 5.69 Å². The largest absolute Gasteiger partial charge is 0.326 e. The Morgan fingerprint density at radius 3 is 2.50 bits per heavy atom. The smallest absolute Gasteiger partial charge is 0.224 e. The van der Waals surface area contributed by atoms with Gasteiger partial charge >= 0.3 is 0 Å². The van der Waals surface area contributed by atoms with Gasteiger partial charge in [0.1, 0.15) is 0 Å². The van der Waals surface area contributed by atoms with Crippen molar-refractivity contribution >= 4 is 33.3 Å². The molecule has 22 heavy (non-hydrogen) atoms. The van der Waals surface area contributed by atoms with Gasteiger partial charge in [0.05, 0.1) is 11.6 Å². The highest BCUT2D eigenvalue weighted by Crippen LogP contribution is 2.14. The number of benzene rings is 2. The molecule has 0 bridgehead atoms. The number of Topliss-reactive ketones (excluding diaryl/α,β-unsaturated/α-hetero) is 1. The summed E-state index contributed by atoms with van der Waals surface area (Å²) in [5.74, 6) is -0.325. The standard InChI is InChI=1S/C17H13BrN2O2/c18-14-6-4-13(5-7-14)16(21)8-9-17(22)20-15-3-1-2-12(10-15)11-19/h1-7,10H,8-9H2,(H,20,22). The van der Waals surface area contributed by atoms with Crippen LogP contribution < -0.4 is 5.32 Å². The molecule has 0 saturated heterocycles. The van der Waals surface area contributed by atoms with Gasteiger partial charge in [-0.3, -0.25) is 9.59 Å². The van der Waals surface area contributed by atoms with Gasteiger partial charge in [-0.2, -0.15) is 5.26 Å². The molecule has 0 atom stereocenters. The normalized spacial score (nSPS) is 9.82. The molecule has 0 saturated carbocycles. The number of anilines is 1. The van der Waals surface area contributed by atoms with Gasteiger partial charge < -0.3 is 5.32 Å². The zero-order valence-corrected chi connectivity index (χ0v) is 13.3. The van der Waals surface area contributed by atoms with Crippen molar-refractivity contribution in [2.45, 2.75) is 12.8 Å². The Hall–Kier alpha value is -2.45. The number of nitriles is 1. The average Bonchev–Trinajstić information content (AvgIpc) is 2.53. The van der Waals surface area contributed by atoms with Gasteiger partial charge in [0, 0.05) is 28.6 Å². The molecule has 5 heteroatoms. The maximum atomic E-state index is 12.0. The Morgan fingerprint density at radius 2 is 1.82 bits per heavy atom. The Balaban J connectivity index is 1.88. The fourth-order valence-corrected chi connectivity index (χ4v) is 2.16. The van der Waals surface area contributed by atoms with Crippen LogP contribution >= 0.6 is 15.9 Å². The molecule has 4 nitrogen and oxygen atoms in total. The van der Waals surface area contributed by atoms with Crippen molar-refractivity contribution in [3.05, 3.63) is 64.1 Å². The van der Waals surface area contributed by atoms with Crippen LogP contribution in [-0.4, -0.2) is 11.7 Å². The van der Waals surface area contributed by atoms with E-state index < -0.39 is 0 Å². The second-order valence-electron chi connectivity index (χ2n) is 4.67. The van der Waals surface area contributed by atoms with Crippen LogP contribution in [0.5, 0.6) is 0 Å². The van der Waals surface area contributed by atoms with E-state index in [9.17, 15) is 9.59 Å². The maximum absolute atomic E-state index is 12.0. The Kier molecular flexibility index (Phi) is 5.45. The molecule has 110 valence electrons. The van der Waals surface area contributed by atoms with Crippen molar-refractivity contribution in [1.82, 2.24) is 0 Å². The zero-order chi connectivity index (χ0) is 15.9. The lowest BCUT2D eigenvalue weighted by atomic mass is 10.1. The minimum Gasteiger partial charge on any atom is -0.326 e. The average molecular weight is 357 g/mol. The summed E-state index contributed by atoms with van der Waals surface area (Å²) in [4.78, 5) is 23.8. The van der Waals surface area contributed by atoms with E-state index in [0.29, 0.717) is 16.8 Å². The van der Waals surface area contributed by atoms with Gasteiger partial charge in [0.25, 0.3) is 0 Å². The van der Waals surface area contributed by atoms with Gasteiger partial charge in [-0.25, -0.2) is 0 Å². The van der Waals surface area contributed by atoms with Gasteiger partial charge in [-0.15, -0.1) is 0 Å². The highest BCUT2D eigenvalue weighted by atomic mass is 79.9. The summed E-state index contributed by atoms with van der Waals surface area (Å²) in [6, 6.07) is 15.7. The lowest BCUT2D eigenvalue weighted by Crippen LogP contribution is -2.13. The molecule has 0 aliphatic rings. The summed E-state index contributed by atoms with van der Waals surface area (Å²) < 4.78 is 0.902. The first-order chi connectivity index (χ1) is 10.6. The predicted molar refractivity (Wildman–Crippen MR) is 87.5 cm³/mol. The third kappa shape index (κ3) is 4.54. The molecule has 0 fully saturated rings. The lowest BCUT2D eigenvalue weighted by Gasteiger charge is -2.05. The third-order valence-electron chi connectivity index (χ3n) is 3.02. The number of amides is 1. The summed E-state index contributed by atoms with van der Waals surface area (Å²) in [5.41, 5.74) is 1.62. The first-order valence-electron chi connectivity index (χ1n) is 6.67.